The van der Waals surface area contributed by atoms with E-state index < -0.39 is 0 Å². The van der Waals surface area contributed by atoms with Crippen molar-refractivity contribution < 1.29 is 14.3 Å². The zero-order valence-electron chi connectivity index (χ0n) is 16.0. The number of benzene rings is 1. The minimum Gasteiger partial charge on any atom is -0.490 e. The fourth-order valence-electron chi connectivity index (χ4n) is 2.70. The van der Waals surface area contributed by atoms with Crippen LogP contribution in [0.15, 0.2) is 23.4 Å². The number of thioether (sulfide) groups is 1. The van der Waals surface area contributed by atoms with E-state index in [9.17, 15) is 4.79 Å². The van der Waals surface area contributed by atoms with Gasteiger partial charge in [0, 0.05) is 25.1 Å². The topological polar surface area (TPSA) is 78.3 Å². The number of rotatable bonds is 7. The van der Waals surface area contributed by atoms with Gasteiger partial charge >= 0.3 is 0 Å². The van der Waals surface area contributed by atoms with Crippen LogP contribution in [0.25, 0.3) is 11.4 Å². The van der Waals surface area contributed by atoms with E-state index in [0.29, 0.717) is 38.0 Å². The number of nitrogens with zero attached hydrogens (tertiary/aromatic N) is 3. The van der Waals surface area contributed by atoms with Crippen molar-refractivity contribution in [3.05, 3.63) is 18.2 Å². The predicted octanol–water partition coefficient (Wildman–Crippen LogP) is 2.99. The first-order chi connectivity index (χ1) is 13.1. The summed E-state index contributed by atoms with van der Waals surface area (Å²) in [5.41, 5.74) is 0.921. The molecular formula is C19H26N4O3S. The van der Waals surface area contributed by atoms with E-state index in [-0.39, 0.29) is 5.91 Å². The third-order valence-corrected chi connectivity index (χ3v) is 5.05. The van der Waals surface area contributed by atoms with E-state index in [4.69, 9.17) is 9.47 Å². The van der Waals surface area contributed by atoms with Crippen LogP contribution in [0.3, 0.4) is 0 Å². The van der Waals surface area contributed by atoms with Gasteiger partial charge in [0.2, 0.25) is 5.91 Å². The molecule has 0 saturated heterocycles. The molecule has 0 atom stereocenters. The molecule has 0 bridgehead atoms. The molecule has 2 aromatic rings. The second-order valence-corrected chi connectivity index (χ2v) is 7.69. The highest BCUT2D eigenvalue weighted by Gasteiger charge is 2.17. The van der Waals surface area contributed by atoms with Crippen molar-refractivity contribution in [1.82, 2.24) is 20.1 Å². The lowest BCUT2D eigenvalue weighted by atomic mass is 10.2. The molecule has 0 aliphatic carbocycles. The first kappa shape index (κ1) is 19.5. The van der Waals surface area contributed by atoms with Crippen molar-refractivity contribution in [3.63, 3.8) is 0 Å². The molecule has 1 amide bonds. The Bertz CT molecular complexity index is 791. The van der Waals surface area contributed by atoms with E-state index in [1.807, 2.05) is 29.7 Å². The van der Waals surface area contributed by atoms with E-state index in [0.717, 1.165) is 34.5 Å². The predicted molar refractivity (Wildman–Crippen MR) is 105 cm³/mol. The largest absolute Gasteiger partial charge is 0.490 e. The summed E-state index contributed by atoms with van der Waals surface area (Å²) in [6.07, 6.45) is 0.870. The van der Waals surface area contributed by atoms with Crippen LogP contribution in [0.4, 0.5) is 0 Å². The molecule has 0 fully saturated rings. The molecule has 0 saturated carbocycles. The summed E-state index contributed by atoms with van der Waals surface area (Å²) in [5.74, 6) is 3.03. The van der Waals surface area contributed by atoms with Gasteiger partial charge in [-0.25, -0.2) is 0 Å². The van der Waals surface area contributed by atoms with E-state index in [1.54, 1.807) is 0 Å². The van der Waals surface area contributed by atoms with Crippen molar-refractivity contribution >= 4 is 17.7 Å². The Morgan fingerprint density at radius 1 is 1.26 bits per heavy atom. The summed E-state index contributed by atoms with van der Waals surface area (Å²) in [6, 6.07) is 5.82. The maximum atomic E-state index is 12.0. The maximum absolute atomic E-state index is 12.0. The molecule has 8 heteroatoms. The van der Waals surface area contributed by atoms with Crippen molar-refractivity contribution in [2.45, 2.75) is 38.9 Å². The Labute approximate surface area is 163 Å². The van der Waals surface area contributed by atoms with Gasteiger partial charge < -0.3 is 19.4 Å². The van der Waals surface area contributed by atoms with Gasteiger partial charge in [0.15, 0.2) is 22.5 Å². The van der Waals surface area contributed by atoms with Crippen LogP contribution >= 0.6 is 11.8 Å². The van der Waals surface area contributed by atoms with Crippen LogP contribution in [0.1, 0.15) is 27.2 Å². The van der Waals surface area contributed by atoms with Crippen LogP contribution < -0.4 is 14.8 Å². The van der Waals surface area contributed by atoms with Gasteiger partial charge in [0.1, 0.15) is 0 Å². The number of fused-ring (bicyclic) bond motifs is 1. The molecule has 146 valence electrons. The Kier molecular flexibility index (Phi) is 6.60. The molecule has 7 nitrogen and oxygen atoms in total. The lowest BCUT2D eigenvalue weighted by molar-refractivity contribution is -0.118. The smallest absolute Gasteiger partial charge is 0.230 e. The van der Waals surface area contributed by atoms with E-state index in [1.165, 1.54) is 11.8 Å². The highest BCUT2D eigenvalue weighted by atomic mass is 32.2. The summed E-state index contributed by atoms with van der Waals surface area (Å²) in [6.45, 7) is 8.89. The minimum absolute atomic E-state index is 0.0106. The normalized spacial score (nSPS) is 13.5. The fraction of sp³-hybridized carbons (Fsp3) is 0.526. The number of aromatic nitrogens is 3. The molecule has 1 aliphatic heterocycles. The molecule has 1 aromatic heterocycles. The number of carbonyl (C=O) groups excluding carboxylic acids is 1. The van der Waals surface area contributed by atoms with Crippen LogP contribution in [-0.2, 0) is 11.3 Å². The SMILES string of the molecule is CCn1c(SCC(=O)NCC(C)C)nnc1-c1ccc2c(c1)OCCCO2. The van der Waals surface area contributed by atoms with Gasteiger partial charge in [0.05, 0.1) is 19.0 Å². The average Bonchev–Trinajstić information content (AvgIpc) is 2.93. The van der Waals surface area contributed by atoms with E-state index >= 15 is 0 Å². The first-order valence-electron chi connectivity index (χ1n) is 9.31. The lowest BCUT2D eigenvalue weighted by Crippen LogP contribution is -2.28. The molecule has 27 heavy (non-hydrogen) atoms. The van der Waals surface area contributed by atoms with Crippen LogP contribution in [0.2, 0.25) is 0 Å². The van der Waals surface area contributed by atoms with Crippen LogP contribution in [-0.4, -0.2) is 46.2 Å². The van der Waals surface area contributed by atoms with Crippen molar-refractivity contribution in [2.24, 2.45) is 5.92 Å². The Hall–Kier alpha value is -2.22. The Balaban J connectivity index is 1.74. The molecule has 1 aliphatic rings. The highest BCUT2D eigenvalue weighted by Crippen LogP contribution is 2.34. The average molecular weight is 391 g/mol. The second-order valence-electron chi connectivity index (χ2n) is 6.75. The van der Waals surface area contributed by atoms with Gasteiger partial charge in [-0.3, -0.25) is 4.79 Å². The monoisotopic (exact) mass is 390 g/mol. The summed E-state index contributed by atoms with van der Waals surface area (Å²) in [5, 5.41) is 12.3. The number of ether oxygens (including phenoxy) is 2. The van der Waals surface area contributed by atoms with Crippen molar-refractivity contribution in [2.75, 3.05) is 25.5 Å². The summed E-state index contributed by atoms with van der Waals surface area (Å²) in [7, 11) is 0. The number of amides is 1. The third-order valence-electron chi connectivity index (χ3n) is 4.08. The molecule has 1 aromatic carbocycles. The highest BCUT2D eigenvalue weighted by molar-refractivity contribution is 7.99. The van der Waals surface area contributed by atoms with E-state index in [2.05, 4.69) is 29.4 Å². The summed E-state index contributed by atoms with van der Waals surface area (Å²) < 4.78 is 13.5. The number of carbonyl (C=O) groups is 1. The Morgan fingerprint density at radius 2 is 2.04 bits per heavy atom. The van der Waals surface area contributed by atoms with Gasteiger partial charge in [-0.1, -0.05) is 25.6 Å². The Morgan fingerprint density at radius 3 is 2.78 bits per heavy atom. The fourth-order valence-corrected chi connectivity index (χ4v) is 3.53. The number of hydrogen-bond donors (Lipinski definition) is 1. The molecule has 0 radical (unpaired) electrons. The van der Waals surface area contributed by atoms with Gasteiger partial charge in [-0.15, -0.1) is 10.2 Å². The van der Waals surface area contributed by atoms with Gasteiger partial charge in [0.25, 0.3) is 0 Å². The second kappa shape index (κ2) is 9.12. The third kappa shape index (κ3) is 4.94. The standard InChI is InChI=1S/C19H26N4O3S/c1-4-23-18(14-6-7-15-16(10-14)26-9-5-8-25-15)21-22-19(23)27-12-17(24)20-11-13(2)3/h6-7,10,13H,4-5,8-9,11-12H2,1-3H3,(H,20,24). The van der Waals surface area contributed by atoms with Crippen LogP contribution in [0.5, 0.6) is 11.5 Å². The summed E-state index contributed by atoms with van der Waals surface area (Å²) in [4.78, 5) is 12.0. The zero-order valence-corrected chi connectivity index (χ0v) is 16.8. The molecule has 1 N–H and O–H groups in total. The van der Waals surface area contributed by atoms with Crippen molar-refractivity contribution in [1.29, 1.82) is 0 Å². The number of hydrogen-bond acceptors (Lipinski definition) is 6. The van der Waals surface area contributed by atoms with Gasteiger partial charge in [-0.05, 0) is 31.0 Å². The molecule has 3 rings (SSSR count). The zero-order chi connectivity index (χ0) is 19.2. The lowest BCUT2D eigenvalue weighted by Gasteiger charge is -2.11. The minimum atomic E-state index is 0.0106. The van der Waals surface area contributed by atoms with Crippen LogP contribution in [0, 0.1) is 5.92 Å². The molecule has 2 heterocycles. The van der Waals surface area contributed by atoms with Crippen molar-refractivity contribution in [3.8, 4) is 22.9 Å². The molecular weight excluding hydrogens is 364 g/mol. The molecule has 0 unspecified atom stereocenters. The maximum Gasteiger partial charge on any atom is 0.230 e. The quantitative estimate of drug-likeness (QED) is 0.733. The van der Waals surface area contributed by atoms with Gasteiger partial charge in [-0.2, -0.15) is 0 Å². The first-order valence-corrected chi connectivity index (χ1v) is 10.3. The number of nitrogens with one attached hydrogen (secondary N) is 1. The molecule has 0 spiro atoms. The summed E-state index contributed by atoms with van der Waals surface area (Å²) >= 11 is 1.40.